The number of hydrogen-bond donors (Lipinski definition) is 22. The summed E-state index contributed by atoms with van der Waals surface area (Å²) < 4.78 is 84.6. The monoisotopic (exact) mass is 1610 g/mol. The average molecular weight is 1610 g/mol. The van der Waals surface area contributed by atoms with Gasteiger partial charge in [-0.05, 0) is 77.0 Å². The van der Waals surface area contributed by atoms with Crippen molar-refractivity contribution < 1.29 is 165 Å². The third-order valence-electron chi connectivity index (χ3n) is 16.8. The van der Waals surface area contributed by atoms with Gasteiger partial charge in [0.2, 0.25) is 41.4 Å². The Hall–Kier alpha value is -4.42. The molecule has 3 aliphatic rings. The average Bonchev–Trinajstić information content (AvgIpc) is 0.837. The SMILES string of the molecule is C#CCCC(=O)NC(COCCC(=O)NCCCNC(=O)CCCCO[C@H]1O[C@H](CCP(=O)(O)O)[C@@H](O)[C@H](O)[C@@H]1O)(COCCC(=O)NCCCNC(=O)CCCCO[C@H]1O[C@H](CCP(=O)(O)O)[C@@H](O)[C@H](O)[C@@H]1O)COCCC(=O)NCCCNC(=O)CCCCO[C@H]1O[C@H](CCP(=O)(O)O)[C@@H](O)[C@H](O)[C@@H]1O. The third-order valence-corrected chi connectivity index (χ3v) is 19.3. The maximum Gasteiger partial charge on any atom is 0.325 e. The molecule has 3 aliphatic heterocycles. The third kappa shape index (κ3) is 42.2. The highest BCUT2D eigenvalue weighted by Gasteiger charge is 2.47. The molecular formula is C63H114N7O34P3. The highest BCUT2D eigenvalue weighted by atomic mass is 31.2. The number of terminal acetylenes is 1. The Labute approximate surface area is 620 Å². The predicted molar refractivity (Wildman–Crippen MR) is 371 cm³/mol. The number of ether oxygens (including phenoxy) is 9. The first-order valence-electron chi connectivity index (χ1n) is 35.7. The second-order valence-electron chi connectivity index (χ2n) is 26.2. The van der Waals surface area contributed by atoms with Gasteiger partial charge in [0.05, 0.1) is 76.4 Å². The second-order valence-corrected chi connectivity index (χ2v) is 31.5. The predicted octanol–water partition coefficient (Wildman–Crippen LogP) is -5.97. The summed E-state index contributed by atoms with van der Waals surface area (Å²) in [5, 5.41) is 111. The van der Waals surface area contributed by atoms with E-state index < -0.39 is 163 Å². The Bertz CT molecular complexity index is 2560. The molecule has 3 heterocycles. The fourth-order valence-corrected chi connectivity index (χ4v) is 12.5. The number of amides is 7. The van der Waals surface area contributed by atoms with Crippen LogP contribution in [0.1, 0.15) is 128 Å². The molecule has 0 aromatic heterocycles. The molecule has 620 valence electrons. The van der Waals surface area contributed by atoms with Crippen LogP contribution in [0.5, 0.6) is 0 Å². The van der Waals surface area contributed by atoms with E-state index in [0.717, 1.165) is 0 Å². The number of nitrogens with one attached hydrogen (secondary N) is 7. The van der Waals surface area contributed by atoms with Gasteiger partial charge in [-0.3, -0.25) is 47.3 Å². The van der Waals surface area contributed by atoms with Crippen LogP contribution in [-0.2, 0) is 89.9 Å². The van der Waals surface area contributed by atoms with E-state index in [-0.39, 0.29) is 187 Å². The van der Waals surface area contributed by atoms with E-state index in [9.17, 15) is 123 Å². The van der Waals surface area contributed by atoms with Crippen molar-refractivity contribution in [3.05, 3.63) is 0 Å². The number of rotatable bonds is 57. The lowest BCUT2D eigenvalue weighted by atomic mass is 9.97. The molecule has 22 N–H and O–H groups in total. The first kappa shape index (κ1) is 96.8. The van der Waals surface area contributed by atoms with Crippen molar-refractivity contribution in [2.45, 2.75) is 226 Å². The van der Waals surface area contributed by atoms with E-state index in [2.05, 4.69) is 43.1 Å². The molecule has 44 heteroatoms. The maximum absolute atomic E-state index is 13.3. The molecule has 107 heavy (non-hydrogen) atoms. The van der Waals surface area contributed by atoms with Crippen LogP contribution in [0.15, 0.2) is 0 Å². The summed E-state index contributed by atoms with van der Waals surface area (Å²) in [6.45, 7) is -0.290. The van der Waals surface area contributed by atoms with Gasteiger partial charge >= 0.3 is 22.8 Å². The quantitative estimate of drug-likeness (QED) is 0.0153. The van der Waals surface area contributed by atoms with Gasteiger partial charge < -0.3 is 155 Å². The van der Waals surface area contributed by atoms with Gasteiger partial charge in [0.1, 0.15) is 60.5 Å². The molecule has 3 rings (SSSR count). The van der Waals surface area contributed by atoms with Gasteiger partial charge in [0.15, 0.2) is 18.9 Å². The first-order chi connectivity index (χ1) is 50.5. The van der Waals surface area contributed by atoms with Gasteiger partial charge in [0, 0.05) is 110 Å². The minimum atomic E-state index is -4.44. The van der Waals surface area contributed by atoms with Crippen LogP contribution in [-0.4, -0.2) is 332 Å². The maximum atomic E-state index is 13.3. The van der Waals surface area contributed by atoms with E-state index in [1.807, 2.05) is 0 Å². The Morgan fingerprint density at radius 1 is 0.346 bits per heavy atom. The zero-order chi connectivity index (χ0) is 79.6. The summed E-state index contributed by atoms with van der Waals surface area (Å²) in [5.41, 5.74) is -1.47. The van der Waals surface area contributed by atoms with Gasteiger partial charge in [-0.1, -0.05) is 0 Å². The van der Waals surface area contributed by atoms with Crippen molar-refractivity contribution in [1.82, 2.24) is 37.2 Å². The fraction of sp³-hybridized carbons (Fsp3) is 0.857. The molecule has 0 aromatic carbocycles. The topological polar surface area (TPSA) is 641 Å². The molecule has 0 radical (unpaired) electrons. The first-order valence-corrected chi connectivity index (χ1v) is 41.1. The number of carbonyl (C=O) groups is 7. The normalized spacial score (nSPS) is 24.9. The molecule has 0 unspecified atom stereocenters. The van der Waals surface area contributed by atoms with Crippen molar-refractivity contribution in [3.8, 4) is 12.3 Å². The largest absolute Gasteiger partial charge is 0.388 e. The molecule has 0 bridgehead atoms. The van der Waals surface area contributed by atoms with E-state index in [1.165, 1.54) is 0 Å². The molecule has 7 amide bonds. The van der Waals surface area contributed by atoms with Crippen molar-refractivity contribution >= 4 is 64.1 Å². The summed E-state index contributed by atoms with van der Waals surface area (Å²) in [7, 11) is -13.3. The number of hydrogen-bond acceptors (Lipinski definition) is 28. The second kappa shape index (κ2) is 52.0. The Kier molecular flexibility index (Phi) is 47.0. The van der Waals surface area contributed by atoms with Gasteiger partial charge in [-0.25, -0.2) is 0 Å². The van der Waals surface area contributed by atoms with Gasteiger partial charge in [0.25, 0.3) is 0 Å². The van der Waals surface area contributed by atoms with Crippen LogP contribution >= 0.6 is 22.8 Å². The minimum absolute atomic E-state index is 0.0181. The number of aliphatic hydroxyl groups is 9. The summed E-state index contributed by atoms with van der Waals surface area (Å²) in [4.78, 5) is 144. The summed E-state index contributed by atoms with van der Waals surface area (Å²) in [6.07, 6.45) is -17.1. The van der Waals surface area contributed by atoms with Crippen LogP contribution in [0.25, 0.3) is 0 Å². The van der Waals surface area contributed by atoms with Crippen LogP contribution in [0.2, 0.25) is 0 Å². The van der Waals surface area contributed by atoms with Crippen LogP contribution in [0, 0.1) is 12.3 Å². The molecule has 0 aromatic rings. The van der Waals surface area contributed by atoms with Crippen LogP contribution < -0.4 is 37.2 Å². The number of unbranched alkanes of at least 4 members (excludes halogenated alkanes) is 3. The van der Waals surface area contributed by atoms with Crippen molar-refractivity contribution in [3.63, 3.8) is 0 Å². The van der Waals surface area contributed by atoms with Crippen LogP contribution in [0.3, 0.4) is 0 Å². The van der Waals surface area contributed by atoms with Crippen molar-refractivity contribution in [2.24, 2.45) is 0 Å². The lowest BCUT2D eigenvalue weighted by Gasteiger charge is -2.40. The number of carbonyl (C=O) groups excluding carboxylic acids is 7. The molecule has 41 nitrogen and oxygen atoms in total. The zero-order valence-corrected chi connectivity index (χ0v) is 62.6. The molecule has 15 atom stereocenters. The summed E-state index contributed by atoms with van der Waals surface area (Å²) >= 11 is 0. The lowest BCUT2D eigenvalue weighted by Crippen LogP contribution is -2.58. The van der Waals surface area contributed by atoms with E-state index in [1.54, 1.807) is 0 Å². The Balaban J connectivity index is 1.45. The van der Waals surface area contributed by atoms with Crippen molar-refractivity contribution in [2.75, 3.05) is 117 Å². The standard InChI is InChI=1S/C63H114N7O34P3/c1-2-3-13-50(77)70-63(38-96-32-17-47(74)67-26-10-23-64-44(71)14-4-7-29-99-60-57(84)54(81)51(78)41(102-60)20-35-105(87,88)89,39-97-33-18-48(75)68-27-11-24-65-45(72)15-5-8-30-100-61-58(85)55(82)52(79)42(103-61)21-36-106(90,91)92)40-98-34-19-49(76)69-28-12-25-66-46(73)16-6-9-31-101-62-59(86)56(83)53(80)43(104-62)22-37-107(93,94)95/h1,41-43,51-62,78-86H,3-40H2,(H,64,71)(H,65,72)(H,66,73)(H,67,74)(H,68,75)(H,69,76)(H,70,77)(H2,87,88,89)(H2,90,91,92)(H2,93,94,95)/t41-,42-,43-,51-,52-,53-,54+,55+,56+,57+,58+,59+,60+,61+,62+/m1/s1. The molecule has 0 aliphatic carbocycles. The van der Waals surface area contributed by atoms with E-state index in [4.69, 9.17) is 49.1 Å². The zero-order valence-electron chi connectivity index (χ0n) is 59.9. The molecular weight excluding hydrogens is 1490 g/mol. The van der Waals surface area contributed by atoms with E-state index >= 15 is 0 Å². The lowest BCUT2D eigenvalue weighted by molar-refractivity contribution is -0.297. The summed E-state index contributed by atoms with van der Waals surface area (Å²) in [5.74, 6) is -0.264. The smallest absolute Gasteiger partial charge is 0.325 e. The molecule has 0 saturated carbocycles. The molecule has 3 saturated heterocycles. The fourth-order valence-electron chi connectivity index (χ4n) is 10.8. The highest BCUT2D eigenvalue weighted by molar-refractivity contribution is 7.52. The Morgan fingerprint density at radius 3 is 0.860 bits per heavy atom. The minimum Gasteiger partial charge on any atom is -0.388 e. The molecule has 0 spiro atoms. The van der Waals surface area contributed by atoms with Gasteiger partial charge in [-0.15, -0.1) is 12.3 Å². The van der Waals surface area contributed by atoms with E-state index in [0.29, 0.717) is 57.8 Å². The van der Waals surface area contributed by atoms with Gasteiger partial charge in [-0.2, -0.15) is 0 Å². The highest BCUT2D eigenvalue weighted by Crippen LogP contribution is 2.40. The Morgan fingerprint density at radius 2 is 0.607 bits per heavy atom. The summed E-state index contributed by atoms with van der Waals surface area (Å²) in [6, 6.07) is 0. The molecule has 3 fully saturated rings. The van der Waals surface area contributed by atoms with Crippen LogP contribution in [0.4, 0.5) is 0 Å². The van der Waals surface area contributed by atoms with Crippen molar-refractivity contribution in [1.29, 1.82) is 0 Å². The number of aliphatic hydroxyl groups excluding tert-OH is 9.